The zero-order chi connectivity index (χ0) is 13.7. The van der Waals surface area contributed by atoms with Gasteiger partial charge in [0.15, 0.2) is 0 Å². The van der Waals surface area contributed by atoms with Gasteiger partial charge >= 0.3 is 0 Å². The van der Waals surface area contributed by atoms with Gasteiger partial charge in [-0.15, -0.1) is 0 Å². The molecule has 0 aromatic heterocycles. The first-order valence-electron chi connectivity index (χ1n) is 8.28. The van der Waals surface area contributed by atoms with E-state index in [2.05, 4.69) is 31.0 Å². The van der Waals surface area contributed by atoms with Gasteiger partial charge in [-0.2, -0.15) is 0 Å². The van der Waals surface area contributed by atoms with Crippen molar-refractivity contribution in [3.05, 3.63) is 0 Å². The Labute approximate surface area is 119 Å². The molecule has 3 nitrogen and oxygen atoms in total. The van der Waals surface area contributed by atoms with Gasteiger partial charge in [0.2, 0.25) is 0 Å². The van der Waals surface area contributed by atoms with Crippen LogP contribution in [0, 0.1) is 0 Å². The van der Waals surface area contributed by atoms with Crippen molar-refractivity contribution < 1.29 is 4.74 Å². The van der Waals surface area contributed by atoms with Crippen LogP contribution in [0.25, 0.3) is 0 Å². The molecule has 0 saturated carbocycles. The van der Waals surface area contributed by atoms with E-state index >= 15 is 0 Å². The average molecular weight is 268 g/mol. The van der Waals surface area contributed by atoms with E-state index in [1.807, 2.05) is 0 Å². The molecule has 2 aliphatic heterocycles. The first-order valence-corrected chi connectivity index (χ1v) is 8.28. The van der Waals surface area contributed by atoms with E-state index in [1.54, 1.807) is 0 Å². The van der Waals surface area contributed by atoms with E-state index in [9.17, 15) is 0 Å². The number of rotatable bonds is 5. The first kappa shape index (κ1) is 15.3. The molecule has 2 heterocycles. The molecule has 2 fully saturated rings. The highest BCUT2D eigenvalue weighted by molar-refractivity contribution is 4.88. The molecule has 0 aromatic rings. The molecule has 0 radical (unpaired) electrons. The summed E-state index contributed by atoms with van der Waals surface area (Å²) in [5.74, 6) is 0. The van der Waals surface area contributed by atoms with Crippen LogP contribution in [0.4, 0.5) is 0 Å². The van der Waals surface area contributed by atoms with Gasteiger partial charge in [0.05, 0.1) is 5.60 Å². The number of nitrogens with one attached hydrogen (secondary N) is 1. The highest BCUT2D eigenvalue weighted by atomic mass is 16.5. The zero-order valence-electron chi connectivity index (χ0n) is 13.1. The summed E-state index contributed by atoms with van der Waals surface area (Å²) in [5.41, 5.74) is 0.107. The van der Waals surface area contributed by atoms with E-state index in [0.29, 0.717) is 12.1 Å². The van der Waals surface area contributed by atoms with Crippen molar-refractivity contribution in [1.29, 1.82) is 0 Å². The molecule has 3 unspecified atom stereocenters. The van der Waals surface area contributed by atoms with Crippen molar-refractivity contribution in [1.82, 2.24) is 10.2 Å². The number of ether oxygens (including phenoxy) is 1. The van der Waals surface area contributed by atoms with Crippen LogP contribution in [0.15, 0.2) is 0 Å². The minimum absolute atomic E-state index is 0.107. The van der Waals surface area contributed by atoms with Crippen LogP contribution in [-0.4, -0.2) is 48.8 Å². The van der Waals surface area contributed by atoms with E-state index in [1.165, 1.54) is 51.7 Å². The van der Waals surface area contributed by atoms with Crippen LogP contribution < -0.4 is 5.32 Å². The van der Waals surface area contributed by atoms with Crippen LogP contribution in [0.2, 0.25) is 0 Å². The van der Waals surface area contributed by atoms with Crippen LogP contribution >= 0.6 is 0 Å². The zero-order valence-corrected chi connectivity index (χ0v) is 13.1. The summed E-state index contributed by atoms with van der Waals surface area (Å²) in [6.07, 6.45) is 7.64. The molecule has 112 valence electrons. The second kappa shape index (κ2) is 7.05. The molecule has 2 saturated heterocycles. The van der Waals surface area contributed by atoms with E-state index in [4.69, 9.17) is 4.74 Å². The fourth-order valence-electron chi connectivity index (χ4n) is 3.56. The minimum Gasteiger partial charge on any atom is -0.375 e. The Morgan fingerprint density at radius 2 is 2.11 bits per heavy atom. The topological polar surface area (TPSA) is 24.5 Å². The third-order valence-corrected chi connectivity index (χ3v) is 5.11. The smallest absolute Gasteiger partial charge is 0.0666 e. The van der Waals surface area contributed by atoms with Crippen molar-refractivity contribution in [3.8, 4) is 0 Å². The number of nitrogens with zero attached hydrogens (tertiary/aromatic N) is 1. The highest BCUT2D eigenvalue weighted by Gasteiger charge is 2.34. The summed E-state index contributed by atoms with van der Waals surface area (Å²) < 4.78 is 5.99. The van der Waals surface area contributed by atoms with Gasteiger partial charge in [-0.3, -0.25) is 4.90 Å². The van der Waals surface area contributed by atoms with Gasteiger partial charge in [-0.25, -0.2) is 0 Å². The molecular formula is C16H32N2O. The summed E-state index contributed by atoms with van der Waals surface area (Å²) in [7, 11) is 0. The predicted octanol–water partition coefficient (Wildman–Crippen LogP) is 2.80. The average Bonchev–Trinajstić information content (AvgIpc) is 2.46. The van der Waals surface area contributed by atoms with Crippen LogP contribution in [0.5, 0.6) is 0 Å². The normalized spacial score (nSPS) is 36.6. The third kappa shape index (κ3) is 4.17. The number of likely N-dealkylation sites (N-methyl/N-ethyl adjacent to an activating group) is 1. The summed E-state index contributed by atoms with van der Waals surface area (Å²) in [6.45, 7) is 11.4. The summed E-state index contributed by atoms with van der Waals surface area (Å²) in [5, 5.41) is 3.68. The van der Waals surface area contributed by atoms with Crippen molar-refractivity contribution >= 4 is 0 Å². The Balaban J connectivity index is 1.89. The second-order valence-electron chi connectivity index (χ2n) is 6.53. The number of piperidine rings is 1. The molecule has 1 N–H and O–H groups in total. The molecule has 19 heavy (non-hydrogen) atoms. The Morgan fingerprint density at radius 3 is 2.74 bits per heavy atom. The molecule has 3 heteroatoms. The Hall–Kier alpha value is -0.120. The van der Waals surface area contributed by atoms with Gasteiger partial charge in [0.25, 0.3) is 0 Å². The predicted molar refractivity (Wildman–Crippen MR) is 80.6 cm³/mol. The molecular weight excluding hydrogens is 236 g/mol. The summed E-state index contributed by atoms with van der Waals surface area (Å²) in [4.78, 5) is 2.69. The fraction of sp³-hybridized carbons (Fsp3) is 1.00. The van der Waals surface area contributed by atoms with Crippen LogP contribution in [0.1, 0.15) is 59.3 Å². The monoisotopic (exact) mass is 268 g/mol. The Morgan fingerprint density at radius 1 is 1.26 bits per heavy atom. The van der Waals surface area contributed by atoms with Crippen LogP contribution in [0.3, 0.4) is 0 Å². The molecule has 3 atom stereocenters. The third-order valence-electron chi connectivity index (χ3n) is 5.11. The Kier molecular flexibility index (Phi) is 5.67. The lowest BCUT2D eigenvalue weighted by atomic mass is 9.88. The lowest BCUT2D eigenvalue weighted by molar-refractivity contribution is -0.0969. The maximum atomic E-state index is 5.99. The molecule has 0 spiro atoms. The quantitative estimate of drug-likeness (QED) is 0.830. The number of hydrogen-bond acceptors (Lipinski definition) is 3. The standard InChI is InChI=1S/C16H32N2O/c1-4-16(3)12-15(9-11-19-16)18(5-2)13-14-8-6-7-10-17-14/h14-15,17H,4-13H2,1-3H3. The number of hydrogen-bond donors (Lipinski definition) is 1. The first-order chi connectivity index (χ1) is 9.17. The largest absolute Gasteiger partial charge is 0.375 e. The van der Waals surface area contributed by atoms with Gasteiger partial charge in [-0.05, 0) is 52.1 Å². The van der Waals surface area contributed by atoms with E-state index < -0.39 is 0 Å². The second-order valence-corrected chi connectivity index (χ2v) is 6.53. The lowest BCUT2D eigenvalue weighted by Crippen LogP contribution is -2.51. The van der Waals surface area contributed by atoms with E-state index in [0.717, 1.165) is 13.0 Å². The SMILES string of the molecule is CCN(CC1CCCCN1)C1CCOC(C)(CC)C1. The fourth-order valence-corrected chi connectivity index (χ4v) is 3.56. The minimum atomic E-state index is 0.107. The highest BCUT2D eigenvalue weighted by Crippen LogP contribution is 2.30. The molecule has 0 amide bonds. The van der Waals surface area contributed by atoms with Crippen molar-refractivity contribution in [2.75, 3.05) is 26.2 Å². The van der Waals surface area contributed by atoms with Gasteiger partial charge in [-0.1, -0.05) is 20.3 Å². The van der Waals surface area contributed by atoms with Crippen molar-refractivity contribution in [3.63, 3.8) is 0 Å². The molecule has 2 aliphatic rings. The van der Waals surface area contributed by atoms with Gasteiger partial charge in [0, 0.05) is 25.2 Å². The molecule has 2 rings (SSSR count). The van der Waals surface area contributed by atoms with Gasteiger partial charge in [0.1, 0.15) is 0 Å². The maximum absolute atomic E-state index is 5.99. The summed E-state index contributed by atoms with van der Waals surface area (Å²) in [6, 6.07) is 1.43. The van der Waals surface area contributed by atoms with Crippen LogP contribution in [-0.2, 0) is 4.74 Å². The molecule has 0 aromatic carbocycles. The van der Waals surface area contributed by atoms with Crippen molar-refractivity contribution in [2.45, 2.75) is 77.0 Å². The Bertz CT molecular complexity index is 265. The molecule has 0 aliphatic carbocycles. The van der Waals surface area contributed by atoms with Gasteiger partial charge < -0.3 is 10.1 Å². The summed E-state index contributed by atoms with van der Waals surface area (Å²) >= 11 is 0. The lowest BCUT2D eigenvalue weighted by Gasteiger charge is -2.43. The molecule has 0 bridgehead atoms. The van der Waals surface area contributed by atoms with E-state index in [-0.39, 0.29) is 5.60 Å². The maximum Gasteiger partial charge on any atom is 0.0666 e. The van der Waals surface area contributed by atoms with Crippen molar-refractivity contribution in [2.24, 2.45) is 0 Å².